The van der Waals surface area contributed by atoms with Crippen molar-refractivity contribution in [2.75, 3.05) is 0 Å². The second-order valence-electron chi connectivity index (χ2n) is 6.53. The lowest BCUT2D eigenvalue weighted by Gasteiger charge is -2.07. The van der Waals surface area contributed by atoms with E-state index in [1.807, 2.05) is 0 Å². The maximum Gasteiger partial charge on any atom is 0.339 e. The second-order valence-corrected chi connectivity index (χ2v) is 7.41. The van der Waals surface area contributed by atoms with E-state index in [1.54, 1.807) is 24.6 Å². The molecule has 4 aromatic heterocycles. The molecule has 136 valence electrons. The van der Waals surface area contributed by atoms with Gasteiger partial charge < -0.3 is 9.26 Å². The lowest BCUT2D eigenvalue weighted by Crippen LogP contribution is -2.15. The molecule has 4 heterocycles. The standard InChI is InChI=1S/C18H14N4O4S/c1-9-15-12(7-13(10-2-3-10)20-16(15)26-21-9)17(24)25-8-11-6-14(23)22-4-5-27-18(22)19-11/h4-7,10H,2-3,8H2,1H3. The quantitative estimate of drug-likeness (QED) is 0.500. The molecule has 1 aliphatic rings. The number of nitrogens with zero attached hydrogens (tertiary/aromatic N) is 4. The summed E-state index contributed by atoms with van der Waals surface area (Å²) >= 11 is 1.35. The van der Waals surface area contributed by atoms with Gasteiger partial charge in [0, 0.05) is 29.3 Å². The summed E-state index contributed by atoms with van der Waals surface area (Å²) in [6.07, 6.45) is 3.76. The number of aryl methyl sites for hydroxylation is 1. The van der Waals surface area contributed by atoms with Gasteiger partial charge in [-0.15, -0.1) is 11.3 Å². The van der Waals surface area contributed by atoms with Gasteiger partial charge in [0.25, 0.3) is 11.3 Å². The Morgan fingerprint density at radius 1 is 1.37 bits per heavy atom. The molecule has 0 saturated heterocycles. The molecule has 0 radical (unpaired) electrons. The molecule has 5 rings (SSSR count). The van der Waals surface area contributed by atoms with E-state index in [0.29, 0.717) is 38.9 Å². The van der Waals surface area contributed by atoms with Crippen LogP contribution < -0.4 is 5.56 Å². The number of aromatic nitrogens is 4. The molecule has 1 saturated carbocycles. The number of hydrogen-bond acceptors (Lipinski definition) is 8. The number of carbonyl (C=O) groups is 1. The van der Waals surface area contributed by atoms with Crippen LogP contribution in [-0.2, 0) is 11.3 Å². The lowest BCUT2D eigenvalue weighted by molar-refractivity contribution is 0.0470. The molecule has 0 aromatic carbocycles. The third kappa shape index (κ3) is 2.80. The van der Waals surface area contributed by atoms with Crippen molar-refractivity contribution in [3.63, 3.8) is 0 Å². The number of fused-ring (bicyclic) bond motifs is 2. The Morgan fingerprint density at radius 2 is 2.22 bits per heavy atom. The minimum absolute atomic E-state index is 0.0879. The SMILES string of the molecule is Cc1noc2nc(C3CC3)cc(C(=O)OCc3cc(=O)n4ccsc4n3)c12. The highest BCUT2D eigenvalue weighted by atomic mass is 32.1. The van der Waals surface area contributed by atoms with Crippen LogP contribution in [0.4, 0.5) is 0 Å². The van der Waals surface area contributed by atoms with Crippen molar-refractivity contribution in [3.8, 4) is 0 Å². The first-order valence-corrected chi connectivity index (χ1v) is 9.38. The Labute approximate surface area is 156 Å². The van der Waals surface area contributed by atoms with Gasteiger partial charge >= 0.3 is 5.97 Å². The van der Waals surface area contributed by atoms with Crippen LogP contribution in [0.3, 0.4) is 0 Å². The number of carbonyl (C=O) groups excluding carboxylic acids is 1. The molecular formula is C18H14N4O4S. The number of pyridine rings is 1. The van der Waals surface area contributed by atoms with E-state index >= 15 is 0 Å². The number of hydrogen-bond donors (Lipinski definition) is 0. The van der Waals surface area contributed by atoms with Gasteiger partial charge in [-0.3, -0.25) is 9.20 Å². The van der Waals surface area contributed by atoms with Crippen LogP contribution in [0.5, 0.6) is 0 Å². The fourth-order valence-corrected chi connectivity index (χ4v) is 3.78. The first-order chi connectivity index (χ1) is 13.1. The summed E-state index contributed by atoms with van der Waals surface area (Å²) in [6, 6.07) is 3.13. The molecule has 0 atom stereocenters. The Kier molecular flexibility index (Phi) is 3.57. The summed E-state index contributed by atoms with van der Waals surface area (Å²) < 4.78 is 12.1. The summed E-state index contributed by atoms with van der Waals surface area (Å²) in [6.45, 7) is 1.67. The van der Waals surface area contributed by atoms with Gasteiger partial charge in [-0.05, 0) is 25.8 Å². The molecule has 0 unspecified atom stereocenters. The van der Waals surface area contributed by atoms with Crippen LogP contribution >= 0.6 is 11.3 Å². The molecule has 4 aromatic rings. The van der Waals surface area contributed by atoms with E-state index in [9.17, 15) is 9.59 Å². The maximum absolute atomic E-state index is 12.7. The zero-order valence-corrected chi connectivity index (χ0v) is 15.2. The van der Waals surface area contributed by atoms with Gasteiger partial charge in [0.1, 0.15) is 6.61 Å². The molecule has 0 bridgehead atoms. The molecular weight excluding hydrogens is 368 g/mol. The van der Waals surface area contributed by atoms with Crippen LogP contribution in [0.15, 0.2) is 33.0 Å². The first-order valence-electron chi connectivity index (χ1n) is 8.50. The number of rotatable bonds is 4. The van der Waals surface area contributed by atoms with Gasteiger partial charge in [-0.25, -0.2) is 14.8 Å². The van der Waals surface area contributed by atoms with E-state index in [4.69, 9.17) is 9.26 Å². The summed E-state index contributed by atoms with van der Waals surface area (Å²) in [5.74, 6) is -0.155. The first kappa shape index (κ1) is 16.1. The fraction of sp³-hybridized carbons (Fsp3) is 0.278. The topological polar surface area (TPSA) is 99.6 Å². The lowest BCUT2D eigenvalue weighted by atomic mass is 10.1. The van der Waals surface area contributed by atoms with Crippen LogP contribution in [0.1, 0.15) is 46.2 Å². The maximum atomic E-state index is 12.7. The highest BCUT2D eigenvalue weighted by molar-refractivity contribution is 7.15. The van der Waals surface area contributed by atoms with Gasteiger partial charge in [0.15, 0.2) is 4.96 Å². The molecule has 0 aliphatic heterocycles. The van der Waals surface area contributed by atoms with Crippen LogP contribution in [-0.4, -0.2) is 25.5 Å². The third-order valence-corrected chi connectivity index (χ3v) is 5.32. The van der Waals surface area contributed by atoms with E-state index in [1.165, 1.54) is 21.8 Å². The van der Waals surface area contributed by atoms with Crippen molar-refractivity contribution in [3.05, 3.63) is 56.7 Å². The normalized spacial score (nSPS) is 14.1. The highest BCUT2D eigenvalue weighted by Crippen LogP contribution is 2.40. The second kappa shape index (κ2) is 5.98. The van der Waals surface area contributed by atoms with Crippen molar-refractivity contribution in [1.29, 1.82) is 0 Å². The zero-order valence-electron chi connectivity index (χ0n) is 14.3. The predicted octanol–water partition coefficient (Wildman–Crippen LogP) is 2.84. The van der Waals surface area contributed by atoms with Gasteiger partial charge in [0.2, 0.25) is 0 Å². The molecule has 27 heavy (non-hydrogen) atoms. The van der Waals surface area contributed by atoms with Crippen molar-refractivity contribution in [2.45, 2.75) is 32.3 Å². The Morgan fingerprint density at radius 3 is 3.04 bits per heavy atom. The van der Waals surface area contributed by atoms with Crippen LogP contribution in [0, 0.1) is 6.92 Å². The smallest absolute Gasteiger partial charge is 0.339 e. The summed E-state index contributed by atoms with van der Waals surface area (Å²) in [4.78, 5) is 34.2. The highest BCUT2D eigenvalue weighted by Gasteiger charge is 2.29. The molecule has 0 amide bonds. The van der Waals surface area contributed by atoms with Crippen molar-refractivity contribution >= 4 is 33.4 Å². The van der Waals surface area contributed by atoms with Crippen molar-refractivity contribution in [1.82, 2.24) is 19.5 Å². The van der Waals surface area contributed by atoms with E-state index < -0.39 is 5.97 Å². The minimum atomic E-state index is -0.510. The Bertz CT molecular complexity index is 1250. The minimum Gasteiger partial charge on any atom is -0.456 e. The van der Waals surface area contributed by atoms with Gasteiger partial charge in [0.05, 0.1) is 22.3 Å². The van der Waals surface area contributed by atoms with Crippen molar-refractivity contribution < 1.29 is 14.1 Å². The Balaban J connectivity index is 1.46. The van der Waals surface area contributed by atoms with Gasteiger partial charge in [-0.2, -0.15) is 0 Å². The number of ether oxygens (including phenoxy) is 1. The average Bonchev–Trinajstić information content (AvgIpc) is 3.29. The van der Waals surface area contributed by atoms with E-state index in [0.717, 1.165) is 18.5 Å². The van der Waals surface area contributed by atoms with E-state index in [-0.39, 0.29) is 12.2 Å². The third-order valence-electron chi connectivity index (χ3n) is 4.56. The fourth-order valence-electron chi connectivity index (χ4n) is 3.04. The predicted molar refractivity (Wildman–Crippen MR) is 97.0 cm³/mol. The number of thiazole rings is 1. The largest absolute Gasteiger partial charge is 0.456 e. The summed E-state index contributed by atoms with van der Waals surface area (Å²) in [5.41, 5.74) is 2.34. The van der Waals surface area contributed by atoms with Crippen LogP contribution in [0.25, 0.3) is 16.1 Å². The summed E-state index contributed by atoms with van der Waals surface area (Å²) in [5, 5.41) is 6.26. The van der Waals surface area contributed by atoms with Gasteiger partial charge in [-0.1, -0.05) is 5.16 Å². The van der Waals surface area contributed by atoms with E-state index in [2.05, 4.69) is 15.1 Å². The molecule has 1 fully saturated rings. The Hall–Kier alpha value is -3.07. The molecule has 0 spiro atoms. The molecule has 8 nitrogen and oxygen atoms in total. The molecule has 1 aliphatic carbocycles. The average molecular weight is 382 g/mol. The van der Waals surface area contributed by atoms with Crippen LogP contribution in [0.2, 0.25) is 0 Å². The zero-order chi connectivity index (χ0) is 18.5. The number of esters is 1. The molecule has 9 heteroatoms. The van der Waals surface area contributed by atoms with Crippen molar-refractivity contribution in [2.24, 2.45) is 0 Å². The monoisotopic (exact) mass is 382 g/mol. The summed E-state index contributed by atoms with van der Waals surface area (Å²) in [7, 11) is 0. The molecule has 0 N–H and O–H groups in total.